The molecule has 0 aromatic rings. The van der Waals surface area contributed by atoms with Crippen LogP contribution in [0.4, 0.5) is 0 Å². The number of epoxide rings is 1. The normalized spacial score (nSPS) is 45.9. The van der Waals surface area contributed by atoms with Gasteiger partial charge in [0, 0.05) is 20.3 Å². The summed E-state index contributed by atoms with van der Waals surface area (Å²) in [5.74, 6) is 0.531. The Bertz CT molecular complexity index is 1220. The molecule has 40 heavy (non-hydrogen) atoms. The number of rotatable bonds is 5. The minimum absolute atomic E-state index is 0.0386. The number of hydrogen-bond acceptors (Lipinski definition) is 8. The predicted octanol–water partition coefficient (Wildman–Crippen LogP) is 4.49. The second kappa shape index (κ2) is 9.27. The summed E-state index contributed by atoms with van der Waals surface area (Å²) in [6, 6.07) is 0. The number of hydrogen-bond donors (Lipinski definition) is 0. The summed E-state index contributed by atoms with van der Waals surface area (Å²) in [5.41, 5.74) is 0.0214. The van der Waals surface area contributed by atoms with E-state index >= 15 is 0 Å². The lowest BCUT2D eigenvalue weighted by Gasteiger charge is -2.58. The van der Waals surface area contributed by atoms with E-state index in [4.69, 9.17) is 18.9 Å². The zero-order valence-electron chi connectivity index (χ0n) is 24.5. The summed E-state index contributed by atoms with van der Waals surface area (Å²) in [6.07, 6.45) is 8.18. The Kier molecular flexibility index (Phi) is 6.41. The van der Waals surface area contributed by atoms with E-state index in [2.05, 4.69) is 20.8 Å². The molecule has 0 aromatic carbocycles. The van der Waals surface area contributed by atoms with Crippen molar-refractivity contribution in [3.05, 3.63) is 23.3 Å². The highest BCUT2D eigenvalue weighted by molar-refractivity contribution is 5.98. The number of carbonyl (C=O) groups excluding carboxylic acids is 4. The molecule has 218 valence electrons. The maximum atomic E-state index is 13.6. The van der Waals surface area contributed by atoms with Crippen LogP contribution in [0.15, 0.2) is 23.3 Å². The maximum Gasteiger partial charge on any atom is 0.337 e. The lowest BCUT2D eigenvalue weighted by atomic mass is 9.44. The lowest BCUT2D eigenvalue weighted by molar-refractivity contribution is -0.166. The molecular weight excluding hydrogens is 512 g/mol. The number of ketones is 1. The molecule has 8 heteroatoms. The van der Waals surface area contributed by atoms with E-state index in [-0.39, 0.29) is 53.8 Å². The Morgan fingerprint density at radius 2 is 1.85 bits per heavy atom. The summed E-state index contributed by atoms with van der Waals surface area (Å²) < 4.78 is 23.2. The van der Waals surface area contributed by atoms with E-state index in [9.17, 15) is 19.2 Å². The van der Waals surface area contributed by atoms with Crippen LogP contribution in [0.5, 0.6) is 0 Å². The molecule has 1 spiro atoms. The van der Waals surface area contributed by atoms with Crippen LogP contribution in [-0.2, 0) is 38.1 Å². The number of fused-ring (bicyclic) bond motifs is 4. The van der Waals surface area contributed by atoms with E-state index in [0.29, 0.717) is 29.7 Å². The summed E-state index contributed by atoms with van der Waals surface area (Å²) in [5, 5.41) is 0. The summed E-state index contributed by atoms with van der Waals surface area (Å²) in [4.78, 5) is 49.7. The van der Waals surface area contributed by atoms with Crippen molar-refractivity contribution >= 4 is 23.7 Å². The maximum absolute atomic E-state index is 13.6. The lowest BCUT2D eigenvalue weighted by Crippen LogP contribution is -2.64. The third kappa shape index (κ3) is 3.73. The van der Waals surface area contributed by atoms with Crippen LogP contribution in [0.3, 0.4) is 0 Å². The van der Waals surface area contributed by atoms with Gasteiger partial charge in [-0.05, 0) is 93.1 Å². The van der Waals surface area contributed by atoms with E-state index in [0.717, 1.165) is 37.7 Å². The highest BCUT2D eigenvalue weighted by Gasteiger charge is 2.81. The van der Waals surface area contributed by atoms with Crippen molar-refractivity contribution in [2.75, 3.05) is 6.61 Å². The van der Waals surface area contributed by atoms with Crippen molar-refractivity contribution in [1.29, 1.82) is 0 Å². The molecule has 1 saturated heterocycles. The van der Waals surface area contributed by atoms with Crippen LogP contribution in [0.1, 0.15) is 80.1 Å². The van der Waals surface area contributed by atoms with Gasteiger partial charge in [0.25, 0.3) is 0 Å². The van der Waals surface area contributed by atoms with E-state index in [1.807, 2.05) is 6.92 Å². The van der Waals surface area contributed by atoms with Crippen LogP contribution >= 0.6 is 0 Å². The molecule has 6 aliphatic rings. The topological polar surface area (TPSA) is 108 Å². The Morgan fingerprint density at radius 3 is 2.52 bits per heavy atom. The molecule has 6 rings (SSSR count). The SMILES string of the molecule is CC(=O)OCC1=C(C)CC([C@@H](C)[C@H]2CC[C@H]3[C@@H]4C[C@H]5O[C@]56[C@@H](OC(C)=O)C=CC(=O)[C@]6(C)[C@H]4CC[C@]23C)OC1=O. The van der Waals surface area contributed by atoms with Crippen molar-refractivity contribution in [2.24, 2.45) is 40.4 Å². The van der Waals surface area contributed by atoms with Gasteiger partial charge < -0.3 is 18.9 Å². The molecule has 2 aliphatic heterocycles. The number of allylic oxidation sites excluding steroid dienone is 1. The molecule has 0 radical (unpaired) electrons. The number of cyclic esters (lactones) is 1. The van der Waals surface area contributed by atoms with Crippen LogP contribution in [0.2, 0.25) is 0 Å². The van der Waals surface area contributed by atoms with Gasteiger partial charge in [-0.15, -0.1) is 0 Å². The van der Waals surface area contributed by atoms with Gasteiger partial charge in [0.2, 0.25) is 0 Å². The summed E-state index contributed by atoms with van der Waals surface area (Å²) in [6.45, 7) is 11.4. The molecule has 3 saturated carbocycles. The molecule has 0 bridgehead atoms. The number of ether oxygens (including phenoxy) is 4. The molecule has 1 unspecified atom stereocenters. The molecule has 4 aliphatic carbocycles. The second-order valence-electron chi connectivity index (χ2n) is 13.7. The van der Waals surface area contributed by atoms with E-state index in [1.54, 1.807) is 12.2 Å². The van der Waals surface area contributed by atoms with Gasteiger partial charge in [-0.3, -0.25) is 14.4 Å². The highest BCUT2D eigenvalue weighted by atomic mass is 16.7. The van der Waals surface area contributed by atoms with Gasteiger partial charge in [0.05, 0.1) is 17.1 Å². The fraction of sp³-hybridized carbons (Fsp3) is 0.750. The average Bonchev–Trinajstić information content (AvgIpc) is 3.51. The van der Waals surface area contributed by atoms with Crippen molar-refractivity contribution in [3.8, 4) is 0 Å². The zero-order valence-corrected chi connectivity index (χ0v) is 24.5. The van der Waals surface area contributed by atoms with Gasteiger partial charge >= 0.3 is 17.9 Å². The fourth-order valence-corrected chi connectivity index (χ4v) is 10.1. The largest absolute Gasteiger partial charge is 0.461 e. The third-order valence-corrected chi connectivity index (χ3v) is 12.1. The molecule has 0 amide bonds. The first-order valence-corrected chi connectivity index (χ1v) is 14.9. The summed E-state index contributed by atoms with van der Waals surface area (Å²) in [7, 11) is 0. The number of esters is 3. The standard InChI is InChI=1S/C32H42O8/c1-16-13-25(39-29(36)21(16)15-37-18(3)33)17(2)22-7-8-23-20-14-28-32(40-28)27(38-19(4)34)10-9-26(35)31(32,6)24(20)11-12-30(22,23)5/h9-10,17,20,22-25,27-28H,7-8,11-15H2,1-6H3/t17-,20-,22+,23-,24-,25?,27-,28+,30+,31-,32+/m0/s1. The monoisotopic (exact) mass is 554 g/mol. The second-order valence-corrected chi connectivity index (χ2v) is 13.7. The molecule has 0 aromatic heterocycles. The first-order chi connectivity index (χ1) is 18.8. The van der Waals surface area contributed by atoms with Crippen LogP contribution in [-0.4, -0.2) is 54.2 Å². The minimum Gasteiger partial charge on any atom is -0.461 e. The van der Waals surface area contributed by atoms with Gasteiger partial charge in [-0.1, -0.05) is 19.4 Å². The molecule has 11 atom stereocenters. The van der Waals surface area contributed by atoms with Crippen LogP contribution < -0.4 is 0 Å². The quantitative estimate of drug-likeness (QED) is 0.278. The van der Waals surface area contributed by atoms with Crippen LogP contribution in [0.25, 0.3) is 0 Å². The molecule has 2 heterocycles. The molecule has 4 fully saturated rings. The van der Waals surface area contributed by atoms with Crippen molar-refractivity contribution in [1.82, 2.24) is 0 Å². The van der Waals surface area contributed by atoms with Gasteiger partial charge in [-0.25, -0.2) is 4.79 Å². The average molecular weight is 555 g/mol. The van der Waals surface area contributed by atoms with Crippen molar-refractivity contribution in [3.63, 3.8) is 0 Å². The smallest absolute Gasteiger partial charge is 0.337 e. The van der Waals surface area contributed by atoms with Gasteiger partial charge in [-0.2, -0.15) is 0 Å². The third-order valence-electron chi connectivity index (χ3n) is 12.1. The first-order valence-electron chi connectivity index (χ1n) is 14.9. The van der Waals surface area contributed by atoms with E-state index in [1.165, 1.54) is 13.8 Å². The molecule has 0 N–H and O–H groups in total. The first kappa shape index (κ1) is 27.7. The van der Waals surface area contributed by atoms with Gasteiger partial charge in [0.1, 0.15) is 18.3 Å². The van der Waals surface area contributed by atoms with Crippen molar-refractivity contribution < 1.29 is 38.1 Å². The molecular formula is C32H42O8. The fourth-order valence-electron chi connectivity index (χ4n) is 10.1. The Morgan fingerprint density at radius 1 is 1.10 bits per heavy atom. The Hall–Kier alpha value is -2.48. The van der Waals surface area contributed by atoms with Crippen LogP contribution in [0, 0.1) is 40.4 Å². The molecule has 8 nitrogen and oxygen atoms in total. The zero-order chi connectivity index (χ0) is 28.8. The summed E-state index contributed by atoms with van der Waals surface area (Å²) >= 11 is 0. The predicted molar refractivity (Wildman–Crippen MR) is 144 cm³/mol. The van der Waals surface area contributed by atoms with Crippen molar-refractivity contribution in [2.45, 2.75) is 104 Å². The van der Waals surface area contributed by atoms with E-state index < -0.39 is 23.1 Å². The Balaban J connectivity index is 1.22. The Labute approximate surface area is 236 Å². The number of carbonyl (C=O) groups is 4. The highest BCUT2D eigenvalue weighted by Crippen LogP contribution is 2.73. The van der Waals surface area contributed by atoms with Gasteiger partial charge in [0.15, 0.2) is 11.9 Å². The minimum atomic E-state index is -0.741.